The number of anilines is 1. The van der Waals surface area contributed by atoms with Gasteiger partial charge in [-0.25, -0.2) is 15.8 Å². The lowest BCUT2D eigenvalue weighted by molar-refractivity contribution is 0.696. The number of thiophene rings is 1. The van der Waals surface area contributed by atoms with Crippen molar-refractivity contribution in [3.8, 4) is 10.7 Å². The third-order valence-electron chi connectivity index (χ3n) is 3.53. The summed E-state index contributed by atoms with van der Waals surface area (Å²) in [6.07, 6.45) is 4.92. The first kappa shape index (κ1) is 14.3. The molecule has 20 heavy (non-hydrogen) atoms. The summed E-state index contributed by atoms with van der Waals surface area (Å²) in [4.78, 5) is 10.1. The molecule has 2 aromatic heterocycles. The molecule has 0 bridgehead atoms. The molecule has 1 saturated carbocycles. The molecule has 2 heterocycles. The lowest BCUT2D eigenvalue weighted by Crippen LogP contribution is -2.11. The Bertz CT molecular complexity index is 605. The van der Waals surface area contributed by atoms with E-state index in [1.165, 1.54) is 37.0 Å². The van der Waals surface area contributed by atoms with E-state index in [1.54, 1.807) is 0 Å². The monoisotopic (exact) mass is 372 g/mol. The number of aromatic nitrogens is 2. The highest BCUT2D eigenvalue weighted by atomic mass is 79.9. The summed E-state index contributed by atoms with van der Waals surface area (Å²) in [7, 11) is 0. The van der Waals surface area contributed by atoms with Crippen LogP contribution in [0.3, 0.4) is 0 Å². The van der Waals surface area contributed by atoms with Crippen molar-refractivity contribution >= 4 is 44.7 Å². The van der Waals surface area contributed by atoms with Crippen molar-refractivity contribution in [2.24, 2.45) is 5.84 Å². The summed E-state index contributed by atoms with van der Waals surface area (Å²) < 4.78 is 1.58. The number of nitrogens with two attached hydrogens (primary N) is 1. The minimum Gasteiger partial charge on any atom is -0.308 e. The topological polar surface area (TPSA) is 63.8 Å². The number of hydrogen-bond acceptors (Lipinski definition) is 5. The lowest BCUT2D eigenvalue weighted by Gasteiger charge is -2.11. The average molecular weight is 374 g/mol. The van der Waals surface area contributed by atoms with Crippen LogP contribution in [0.1, 0.15) is 37.3 Å². The van der Waals surface area contributed by atoms with Crippen molar-refractivity contribution < 1.29 is 0 Å². The van der Waals surface area contributed by atoms with Crippen molar-refractivity contribution in [2.75, 3.05) is 5.43 Å². The molecule has 0 atom stereocenters. The van der Waals surface area contributed by atoms with Crippen LogP contribution in [-0.4, -0.2) is 9.97 Å². The van der Waals surface area contributed by atoms with Crippen LogP contribution < -0.4 is 11.3 Å². The summed E-state index contributed by atoms with van der Waals surface area (Å²) in [5, 5.41) is 0. The minimum atomic E-state index is 0.516. The minimum absolute atomic E-state index is 0.516. The van der Waals surface area contributed by atoms with Crippen molar-refractivity contribution in [2.45, 2.75) is 31.6 Å². The molecule has 7 heteroatoms. The Morgan fingerprint density at radius 1 is 1.30 bits per heavy atom. The molecule has 1 aliphatic carbocycles. The molecule has 0 unspecified atom stereocenters. The first-order chi connectivity index (χ1) is 9.67. The van der Waals surface area contributed by atoms with E-state index in [0.717, 1.165) is 15.0 Å². The standard InChI is InChI=1S/C13H14BrClN4S/c14-8-5-10(20-12(8)15)13-17-9(6-11(18-13)19-16)7-3-1-2-4-7/h5-7H,1-4,16H2,(H,17,18,19). The molecule has 0 amide bonds. The fourth-order valence-corrected chi connectivity index (χ4v) is 4.17. The zero-order valence-electron chi connectivity index (χ0n) is 10.7. The molecule has 1 aliphatic rings. The molecule has 1 fully saturated rings. The maximum Gasteiger partial charge on any atom is 0.172 e. The van der Waals surface area contributed by atoms with Gasteiger partial charge in [0.2, 0.25) is 0 Å². The Balaban J connectivity index is 2.03. The predicted molar refractivity (Wildman–Crippen MR) is 87.1 cm³/mol. The zero-order chi connectivity index (χ0) is 14.1. The molecule has 0 aromatic carbocycles. The Morgan fingerprint density at radius 3 is 2.65 bits per heavy atom. The first-order valence-corrected chi connectivity index (χ1v) is 8.47. The second kappa shape index (κ2) is 5.97. The molecule has 0 spiro atoms. The molecule has 2 aromatic rings. The van der Waals surface area contributed by atoms with Crippen molar-refractivity contribution in [3.63, 3.8) is 0 Å². The van der Waals surface area contributed by atoms with Crippen LogP contribution in [0.4, 0.5) is 5.82 Å². The van der Waals surface area contributed by atoms with Gasteiger partial charge in [0.05, 0.1) is 4.88 Å². The number of nitrogen functional groups attached to an aromatic ring is 1. The van der Waals surface area contributed by atoms with Crippen LogP contribution in [0.15, 0.2) is 16.6 Å². The molecular weight excluding hydrogens is 360 g/mol. The van der Waals surface area contributed by atoms with Gasteiger partial charge in [0.15, 0.2) is 5.82 Å². The molecule has 3 rings (SSSR count). The third-order valence-corrected chi connectivity index (χ3v) is 6.00. The normalized spacial score (nSPS) is 15.8. The number of halogens is 2. The summed E-state index contributed by atoms with van der Waals surface area (Å²) >= 11 is 11.0. The van der Waals surface area contributed by atoms with E-state index < -0.39 is 0 Å². The van der Waals surface area contributed by atoms with Crippen LogP contribution in [0.25, 0.3) is 10.7 Å². The summed E-state index contributed by atoms with van der Waals surface area (Å²) in [6.45, 7) is 0. The van der Waals surface area contributed by atoms with Crippen molar-refractivity contribution in [3.05, 3.63) is 26.6 Å². The molecule has 0 aliphatic heterocycles. The third kappa shape index (κ3) is 2.83. The largest absolute Gasteiger partial charge is 0.308 e. The van der Waals surface area contributed by atoms with E-state index in [1.807, 2.05) is 12.1 Å². The Labute approximate surface area is 134 Å². The van der Waals surface area contributed by atoms with Gasteiger partial charge in [0.1, 0.15) is 10.2 Å². The van der Waals surface area contributed by atoms with Gasteiger partial charge < -0.3 is 5.43 Å². The van der Waals surface area contributed by atoms with Gasteiger partial charge in [0, 0.05) is 22.2 Å². The number of hydrogen-bond donors (Lipinski definition) is 2. The average Bonchev–Trinajstić information content (AvgIpc) is 3.09. The van der Waals surface area contributed by atoms with E-state index in [9.17, 15) is 0 Å². The van der Waals surface area contributed by atoms with Crippen molar-refractivity contribution in [1.29, 1.82) is 0 Å². The van der Waals surface area contributed by atoms with E-state index in [-0.39, 0.29) is 0 Å². The smallest absolute Gasteiger partial charge is 0.172 e. The fourth-order valence-electron chi connectivity index (χ4n) is 2.54. The number of rotatable bonds is 3. The van der Waals surface area contributed by atoms with Gasteiger partial charge in [-0.1, -0.05) is 24.4 Å². The van der Waals surface area contributed by atoms with Gasteiger partial charge in [-0.15, -0.1) is 11.3 Å². The zero-order valence-corrected chi connectivity index (χ0v) is 13.9. The molecule has 4 nitrogen and oxygen atoms in total. The predicted octanol–water partition coefficient (Wildman–Crippen LogP) is 4.56. The van der Waals surface area contributed by atoms with E-state index in [0.29, 0.717) is 21.9 Å². The van der Waals surface area contributed by atoms with Gasteiger partial charge in [0.25, 0.3) is 0 Å². The lowest BCUT2D eigenvalue weighted by atomic mass is 10.0. The second-order valence-electron chi connectivity index (χ2n) is 4.86. The second-order valence-corrected chi connectivity index (χ2v) is 7.37. The van der Waals surface area contributed by atoms with Gasteiger partial charge in [-0.3, -0.25) is 0 Å². The van der Waals surface area contributed by atoms with Gasteiger partial charge in [-0.05, 0) is 34.8 Å². The van der Waals surface area contributed by atoms with Crippen LogP contribution in [0.5, 0.6) is 0 Å². The summed E-state index contributed by atoms with van der Waals surface area (Å²) in [5.41, 5.74) is 3.70. The van der Waals surface area contributed by atoms with Crippen LogP contribution in [0, 0.1) is 0 Å². The molecule has 0 saturated heterocycles. The van der Waals surface area contributed by atoms with E-state index >= 15 is 0 Å². The summed E-state index contributed by atoms with van der Waals surface area (Å²) in [5.74, 6) is 7.37. The van der Waals surface area contributed by atoms with Gasteiger partial charge >= 0.3 is 0 Å². The fraction of sp³-hybridized carbons (Fsp3) is 0.385. The molecule has 106 valence electrons. The number of nitrogens with one attached hydrogen (secondary N) is 1. The maximum atomic E-state index is 6.10. The highest BCUT2D eigenvalue weighted by Crippen LogP contribution is 2.39. The molecular formula is C13H14BrClN4S. The highest BCUT2D eigenvalue weighted by Gasteiger charge is 2.21. The van der Waals surface area contributed by atoms with Crippen molar-refractivity contribution in [1.82, 2.24) is 9.97 Å². The van der Waals surface area contributed by atoms with Crippen LogP contribution in [-0.2, 0) is 0 Å². The number of nitrogens with zero attached hydrogens (tertiary/aromatic N) is 2. The van der Waals surface area contributed by atoms with Gasteiger partial charge in [-0.2, -0.15) is 0 Å². The Kier molecular flexibility index (Phi) is 4.26. The number of hydrazine groups is 1. The van der Waals surface area contributed by atoms with Crippen LogP contribution in [0.2, 0.25) is 4.34 Å². The van der Waals surface area contributed by atoms with Crippen LogP contribution >= 0.6 is 38.9 Å². The van der Waals surface area contributed by atoms with E-state index in [2.05, 4.69) is 26.3 Å². The van der Waals surface area contributed by atoms with E-state index in [4.69, 9.17) is 22.4 Å². The quantitative estimate of drug-likeness (QED) is 0.611. The molecule has 3 N–H and O–H groups in total. The first-order valence-electron chi connectivity index (χ1n) is 6.48. The maximum absolute atomic E-state index is 6.10. The highest BCUT2D eigenvalue weighted by molar-refractivity contribution is 9.10. The Hall–Kier alpha value is -0.690. The molecule has 0 radical (unpaired) electrons. The summed E-state index contributed by atoms with van der Waals surface area (Å²) in [6, 6.07) is 3.89. The Morgan fingerprint density at radius 2 is 2.05 bits per heavy atom. The SMILES string of the molecule is NNc1cc(C2CCCC2)nc(-c2cc(Br)c(Cl)s2)n1.